The zero-order valence-electron chi connectivity index (χ0n) is 18.3. The van der Waals surface area contributed by atoms with Crippen LogP contribution in [-0.2, 0) is 16.5 Å². The van der Waals surface area contributed by atoms with E-state index in [1.807, 2.05) is 6.92 Å². The molecule has 3 aromatic carbocycles. The van der Waals surface area contributed by atoms with Crippen molar-refractivity contribution in [3.63, 3.8) is 0 Å². The van der Waals surface area contributed by atoms with Crippen LogP contribution in [0.1, 0.15) is 50.8 Å². The van der Waals surface area contributed by atoms with E-state index in [0.717, 1.165) is 5.56 Å². The van der Waals surface area contributed by atoms with Crippen molar-refractivity contribution in [2.45, 2.75) is 30.7 Å². The molecule has 3 N–H and O–H groups in total. The van der Waals surface area contributed by atoms with Gasteiger partial charge >= 0.3 is 0 Å². The van der Waals surface area contributed by atoms with Gasteiger partial charge in [-0.15, -0.1) is 0 Å². The Bertz CT molecular complexity index is 1350. The maximum absolute atomic E-state index is 13.3. The van der Waals surface area contributed by atoms with E-state index in [4.69, 9.17) is 4.55 Å². The summed E-state index contributed by atoms with van der Waals surface area (Å²) in [6.07, 6.45) is 1.36. The summed E-state index contributed by atoms with van der Waals surface area (Å²) in [7, 11) is -2.49. The van der Waals surface area contributed by atoms with Gasteiger partial charge in [-0.2, -0.15) is 8.42 Å². The number of hydrogen-bond acceptors (Lipinski definition) is 6. The third kappa shape index (κ3) is 4.40. The van der Waals surface area contributed by atoms with Crippen LogP contribution in [-0.4, -0.2) is 37.6 Å². The van der Waals surface area contributed by atoms with Gasteiger partial charge in [-0.05, 0) is 49.6 Å². The lowest BCUT2D eigenvalue weighted by Crippen LogP contribution is -2.26. The summed E-state index contributed by atoms with van der Waals surface area (Å²) in [5.41, 5.74) is 3.68. The quantitative estimate of drug-likeness (QED) is 0.352. The highest BCUT2D eigenvalue weighted by Gasteiger charge is 2.33. The number of hydrogen-bond donors (Lipinski definition) is 3. The standard InChI is InChI=1S/C25H24N2O5S/c1-15(7-8-16-9-11-17(12-10-16)33(30,31)32)27-21-14-13-20(26-2)22-23(21)25(29)19-6-4-3-5-18(19)24(22)28/h3-6,9-15,26-27H,7-8H2,1-2H3,(H,30,31,32). The second-order valence-corrected chi connectivity index (χ2v) is 9.49. The van der Waals surface area contributed by atoms with Crippen LogP contribution in [0.25, 0.3) is 0 Å². The van der Waals surface area contributed by atoms with Crippen LogP contribution in [0.4, 0.5) is 11.4 Å². The Kier molecular flexibility index (Phi) is 6.05. The monoisotopic (exact) mass is 464 g/mol. The molecule has 0 heterocycles. The molecule has 0 fully saturated rings. The van der Waals surface area contributed by atoms with Crippen molar-refractivity contribution in [1.82, 2.24) is 0 Å². The lowest BCUT2D eigenvalue weighted by Gasteiger charge is -2.25. The fourth-order valence-corrected chi connectivity index (χ4v) is 4.58. The van der Waals surface area contributed by atoms with Gasteiger partial charge in [0.15, 0.2) is 11.6 Å². The van der Waals surface area contributed by atoms with E-state index in [1.54, 1.807) is 55.6 Å². The van der Waals surface area contributed by atoms with Gasteiger partial charge in [0, 0.05) is 35.6 Å². The predicted molar refractivity (Wildman–Crippen MR) is 127 cm³/mol. The third-order valence-corrected chi connectivity index (χ3v) is 6.70. The van der Waals surface area contributed by atoms with Gasteiger partial charge in [0.25, 0.3) is 10.1 Å². The molecular formula is C25H24N2O5S. The summed E-state index contributed by atoms with van der Waals surface area (Å²) in [5.74, 6) is -0.368. The van der Waals surface area contributed by atoms with Crippen molar-refractivity contribution in [2.75, 3.05) is 17.7 Å². The molecule has 0 radical (unpaired) electrons. The number of ketones is 2. The van der Waals surface area contributed by atoms with Crippen LogP contribution in [0.15, 0.2) is 65.6 Å². The van der Waals surface area contributed by atoms with Crippen LogP contribution >= 0.6 is 0 Å². The maximum atomic E-state index is 13.3. The summed E-state index contributed by atoms with van der Waals surface area (Å²) < 4.78 is 31.5. The molecule has 0 aromatic heterocycles. The normalized spacial score (nSPS) is 13.8. The van der Waals surface area contributed by atoms with E-state index < -0.39 is 10.1 Å². The van der Waals surface area contributed by atoms with Gasteiger partial charge in [-0.1, -0.05) is 36.4 Å². The molecule has 1 atom stereocenters. The Hall–Kier alpha value is -3.49. The maximum Gasteiger partial charge on any atom is 0.294 e. The van der Waals surface area contributed by atoms with Crippen molar-refractivity contribution in [1.29, 1.82) is 0 Å². The number of carbonyl (C=O) groups is 2. The summed E-state index contributed by atoms with van der Waals surface area (Å²) in [6, 6.07) is 16.5. The second-order valence-electron chi connectivity index (χ2n) is 8.07. The van der Waals surface area contributed by atoms with Gasteiger partial charge < -0.3 is 10.6 Å². The molecule has 0 saturated heterocycles. The minimum atomic E-state index is -4.21. The van der Waals surface area contributed by atoms with E-state index >= 15 is 0 Å². The minimum Gasteiger partial charge on any atom is -0.388 e. The predicted octanol–water partition coefficient (Wildman–Crippen LogP) is 4.18. The molecule has 7 nitrogen and oxygen atoms in total. The molecule has 3 aromatic rings. The number of anilines is 2. The average Bonchev–Trinajstić information content (AvgIpc) is 2.80. The fraction of sp³-hybridized carbons (Fsp3) is 0.200. The Balaban J connectivity index is 1.57. The molecule has 0 bridgehead atoms. The largest absolute Gasteiger partial charge is 0.388 e. The molecule has 0 amide bonds. The molecule has 0 spiro atoms. The van der Waals surface area contributed by atoms with Crippen LogP contribution < -0.4 is 10.6 Å². The molecule has 1 aliphatic carbocycles. The van der Waals surface area contributed by atoms with E-state index in [0.29, 0.717) is 46.5 Å². The number of benzene rings is 3. The van der Waals surface area contributed by atoms with Crippen LogP contribution in [0, 0.1) is 0 Å². The first-order valence-electron chi connectivity index (χ1n) is 10.6. The molecule has 33 heavy (non-hydrogen) atoms. The van der Waals surface area contributed by atoms with Gasteiger partial charge in [0.05, 0.1) is 16.0 Å². The first-order chi connectivity index (χ1) is 15.7. The Morgan fingerprint density at radius 3 is 1.94 bits per heavy atom. The number of carbonyl (C=O) groups excluding carboxylic acids is 2. The van der Waals surface area contributed by atoms with Crippen molar-refractivity contribution in [3.8, 4) is 0 Å². The Morgan fingerprint density at radius 1 is 0.848 bits per heavy atom. The molecule has 1 aliphatic rings. The van der Waals surface area contributed by atoms with Crippen LogP contribution in [0.5, 0.6) is 0 Å². The van der Waals surface area contributed by atoms with E-state index in [1.165, 1.54) is 12.1 Å². The molecule has 8 heteroatoms. The summed E-state index contributed by atoms with van der Waals surface area (Å²) in [6.45, 7) is 1.98. The highest BCUT2D eigenvalue weighted by atomic mass is 32.2. The second kappa shape index (κ2) is 8.80. The fourth-order valence-electron chi connectivity index (χ4n) is 4.10. The average molecular weight is 465 g/mol. The molecule has 0 saturated carbocycles. The summed E-state index contributed by atoms with van der Waals surface area (Å²) in [5, 5.41) is 6.39. The van der Waals surface area contributed by atoms with Gasteiger partial charge in [0.1, 0.15) is 0 Å². The Morgan fingerprint density at radius 2 is 1.39 bits per heavy atom. The van der Waals surface area contributed by atoms with Crippen LogP contribution in [0.2, 0.25) is 0 Å². The zero-order chi connectivity index (χ0) is 23.8. The third-order valence-electron chi connectivity index (χ3n) is 5.83. The first kappa shape index (κ1) is 22.7. The molecule has 170 valence electrons. The van der Waals surface area contributed by atoms with Crippen molar-refractivity contribution >= 4 is 33.1 Å². The summed E-state index contributed by atoms with van der Waals surface area (Å²) in [4.78, 5) is 26.4. The number of nitrogens with one attached hydrogen (secondary N) is 2. The lowest BCUT2D eigenvalue weighted by atomic mass is 9.82. The number of aryl methyl sites for hydroxylation is 1. The SMILES string of the molecule is CNc1ccc(NC(C)CCc2ccc(S(=O)(=O)O)cc2)c2c1C(=O)c1ccccc1C2=O. The number of fused-ring (bicyclic) bond motifs is 2. The van der Waals surface area contributed by atoms with Crippen molar-refractivity contribution < 1.29 is 22.6 Å². The van der Waals surface area contributed by atoms with E-state index in [-0.39, 0.29) is 22.5 Å². The smallest absolute Gasteiger partial charge is 0.294 e. The van der Waals surface area contributed by atoms with Gasteiger partial charge in [0.2, 0.25) is 0 Å². The molecule has 0 aliphatic heterocycles. The van der Waals surface area contributed by atoms with E-state index in [9.17, 15) is 18.0 Å². The molecular weight excluding hydrogens is 440 g/mol. The highest BCUT2D eigenvalue weighted by Crippen LogP contribution is 2.36. The number of rotatable bonds is 7. The topological polar surface area (TPSA) is 113 Å². The van der Waals surface area contributed by atoms with E-state index in [2.05, 4.69) is 10.6 Å². The van der Waals surface area contributed by atoms with Gasteiger partial charge in [-0.3, -0.25) is 14.1 Å². The van der Waals surface area contributed by atoms with Crippen LogP contribution in [0.3, 0.4) is 0 Å². The molecule has 1 unspecified atom stereocenters. The summed E-state index contributed by atoms with van der Waals surface area (Å²) >= 11 is 0. The van der Waals surface area contributed by atoms with Crippen molar-refractivity contribution in [2.24, 2.45) is 0 Å². The Labute approximate surface area is 192 Å². The lowest BCUT2D eigenvalue weighted by molar-refractivity contribution is 0.0980. The first-order valence-corrected chi connectivity index (χ1v) is 12.0. The van der Waals surface area contributed by atoms with Crippen molar-refractivity contribution in [3.05, 3.63) is 88.5 Å². The molecule has 4 rings (SSSR count). The highest BCUT2D eigenvalue weighted by molar-refractivity contribution is 7.85. The van der Waals surface area contributed by atoms with Gasteiger partial charge in [-0.25, -0.2) is 0 Å². The minimum absolute atomic E-state index is 0.0316. The zero-order valence-corrected chi connectivity index (χ0v) is 19.1.